The summed E-state index contributed by atoms with van der Waals surface area (Å²) >= 11 is 5.47. The summed E-state index contributed by atoms with van der Waals surface area (Å²) in [6.07, 6.45) is 0.798. The Morgan fingerprint density at radius 2 is 2.06 bits per heavy atom. The average Bonchev–Trinajstić information content (AvgIpc) is 2.37. The third-order valence-corrected chi connectivity index (χ3v) is 3.15. The second-order valence-electron chi connectivity index (χ2n) is 4.40. The van der Waals surface area contributed by atoms with E-state index < -0.39 is 0 Å². The number of aryl methyl sites for hydroxylation is 2. The normalized spacial score (nSPS) is 10.2. The van der Waals surface area contributed by atoms with E-state index >= 15 is 0 Å². The van der Waals surface area contributed by atoms with Gasteiger partial charge in [-0.2, -0.15) is 0 Å². The Hall–Kier alpha value is -1.22. The number of rotatable bonds is 6. The molecule has 0 spiro atoms. The minimum absolute atomic E-state index is 0.0362. The standard InChI is InChI=1S/C14H20ClNO2/c1-11-5-6-13(9-12(11)2)18-8-4-7-16(3)14(17)10-15/h5-6,9H,4,7-8,10H2,1-3H3. The largest absolute Gasteiger partial charge is 0.494 e. The van der Waals surface area contributed by atoms with E-state index in [9.17, 15) is 4.79 Å². The second-order valence-corrected chi connectivity index (χ2v) is 4.66. The molecule has 1 amide bonds. The SMILES string of the molecule is Cc1ccc(OCCCN(C)C(=O)CCl)cc1C. The van der Waals surface area contributed by atoms with Crippen LogP contribution in [0.2, 0.25) is 0 Å². The molecule has 0 unspecified atom stereocenters. The van der Waals surface area contributed by atoms with E-state index in [1.165, 1.54) is 11.1 Å². The molecule has 1 rings (SSSR count). The van der Waals surface area contributed by atoms with Crippen LogP contribution in [0, 0.1) is 13.8 Å². The maximum atomic E-state index is 11.2. The summed E-state index contributed by atoms with van der Waals surface area (Å²) in [5.41, 5.74) is 2.48. The monoisotopic (exact) mass is 269 g/mol. The molecule has 0 fully saturated rings. The van der Waals surface area contributed by atoms with Crippen LogP contribution in [0.25, 0.3) is 0 Å². The summed E-state index contributed by atoms with van der Waals surface area (Å²) in [6.45, 7) is 5.40. The van der Waals surface area contributed by atoms with E-state index in [2.05, 4.69) is 13.8 Å². The van der Waals surface area contributed by atoms with Crippen LogP contribution < -0.4 is 4.74 Å². The maximum Gasteiger partial charge on any atom is 0.237 e. The molecule has 0 radical (unpaired) electrons. The predicted molar refractivity (Wildman–Crippen MR) is 74.4 cm³/mol. The van der Waals surface area contributed by atoms with E-state index in [1.807, 2.05) is 18.2 Å². The van der Waals surface area contributed by atoms with Crippen molar-refractivity contribution in [1.82, 2.24) is 4.90 Å². The lowest BCUT2D eigenvalue weighted by molar-refractivity contribution is -0.127. The summed E-state index contributed by atoms with van der Waals surface area (Å²) in [4.78, 5) is 12.8. The van der Waals surface area contributed by atoms with Gasteiger partial charge in [0.1, 0.15) is 11.6 Å². The molecule has 0 atom stereocenters. The summed E-state index contributed by atoms with van der Waals surface area (Å²) in [7, 11) is 1.75. The summed E-state index contributed by atoms with van der Waals surface area (Å²) in [5.74, 6) is 0.862. The molecule has 0 aliphatic heterocycles. The number of nitrogens with zero attached hydrogens (tertiary/aromatic N) is 1. The van der Waals surface area contributed by atoms with Crippen LogP contribution in [0.3, 0.4) is 0 Å². The minimum atomic E-state index is -0.0529. The van der Waals surface area contributed by atoms with Gasteiger partial charge in [-0.25, -0.2) is 0 Å². The summed E-state index contributed by atoms with van der Waals surface area (Å²) in [5, 5.41) is 0. The van der Waals surface area contributed by atoms with Gasteiger partial charge in [-0.3, -0.25) is 4.79 Å². The zero-order valence-electron chi connectivity index (χ0n) is 11.2. The van der Waals surface area contributed by atoms with Gasteiger partial charge in [0.2, 0.25) is 5.91 Å². The van der Waals surface area contributed by atoms with E-state index in [4.69, 9.17) is 16.3 Å². The maximum absolute atomic E-state index is 11.2. The van der Waals surface area contributed by atoms with Gasteiger partial charge in [-0.1, -0.05) is 6.07 Å². The number of hydrogen-bond acceptors (Lipinski definition) is 2. The Labute approximate surface area is 114 Å². The molecule has 1 aromatic carbocycles. The van der Waals surface area contributed by atoms with Crippen LogP contribution >= 0.6 is 11.6 Å². The van der Waals surface area contributed by atoms with E-state index in [0.717, 1.165) is 12.2 Å². The van der Waals surface area contributed by atoms with Crippen molar-refractivity contribution in [3.05, 3.63) is 29.3 Å². The van der Waals surface area contributed by atoms with Crippen molar-refractivity contribution in [2.24, 2.45) is 0 Å². The molecule has 1 aromatic rings. The second kappa shape index (κ2) is 7.27. The molecule has 0 N–H and O–H groups in total. The number of carbonyl (C=O) groups is 1. The molecule has 3 nitrogen and oxygen atoms in total. The fraction of sp³-hybridized carbons (Fsp3) is 0.500. The van der Waals surface area contributed by atoms with Crippen LogP contribution in [0.4, 0.5) is 0 Å². The van der Waals surface area contributed by atoms with Gasteiger partial charge in [-0.05, 0) is 43.5 Å². The number of halogens is 1. The van der Waals surface area contributed by atoms with E-state index in [-0.39, 0.29) is 11.8 Å². The lowest BCUT2D eigenvalue weighted by atomic mass is 10.1. The zero-order valence-corrected chi connectivity index (χ0v) is 12.0. The third-order valence-electron chi connectivity index (χ3n) is 2.93. The Balaban J connectivity index is 2.29. The highest BCUT2D eigenvalue weighted by molar-refractivity contribution is 6.27. The zero-order chi connectivity index (χ0) is 13.5. The molecule has 0 bridgehead atoms. The molecule has 0 saturated carbocycles. The average molecular weight is 270 g/mol. The lowest BCUT2D eigenvalue weighted by Crippen LogP contribution is -2.29. The molecule has 4 heteroatoms. The molecule has 0 aromatic heterocycles. The Bertz CT molecular complexity index is 407. The number of benzene rings is 1. The smallest absolute Gasteiger partial charge is 0.237 e. The molecule has 0 aliphatic carbocycles. The number of hydrogen-bond donors (Lipinski definition) is 0. The molecular weight excluding hydrogens is 250 g/mol. The van der Waals surface area contributed by atoms with Crippen molar-refractivity contribution in [2.75, 3.05) is 26.1 Å². The van der Waals surface area contributed by atoms with Crippen LogP contribution in [-0.2, 0) is 4.79 Å². The first-order chi connectivity index (χ1) is 8.54. The van der Waals surface area contributed by atoms with E-state index in [1.54, 1.807) is 11.9 Å². The first-order valence-electron chi connectivity index (χ1n) is 6.04. The van der Waals surface area contributed by atoms with Crippen LogP contribution in [0.1, 0.15) is 17.5 Å². The number of ether oxygens (including phenoxy) is 1. The van der Waals surface area contributed by atoms with Crippen LogP contribution in [0.5, 0.6) is 5.75 Å². The molecule has 100 valence electrons. The third kappa shape index (κ3) is 4.57. The van der Waals surface area contributed by atoms with Crippen LogP contribution in [-0.4, -0.2) is 36.9 Å². The first kappa shape index (κ1) is 14.8. The quantitative estimate of drug-likeness (QED) is 0.587. The Morgan fingerprint density at radius 3 is 2.67 bits per heavy atom. The topological polar surface area (TPSA) is 29.5 Å². The van der Waals surface area contributed by atoms with Gasteiger partial charge in [0.15, 0.2) is 0 Å². The van der Waals surface area contributed by atoms with Crippen molar-refractivity contribution >= 4 is 17.5 Å². The van der Waals surface area contributed by atoms with Gasteiger partial charge in [0, 0.05) is 13.6 Å². The molecular formula is C14H20ClNO2. The van der Waals surface area contributed by atoms with Gasteiger partial charge in [0.25, 0.3) is 0 Å². The van der Waals surface area contributed by atoms with Crippen molar-refractivity contribution in [3.63, 3.8) is 0 Å². The van der Waals surface area contributed by atoms with Crippen molar-refractivity contribution in [2.45, 2.75) is 20.3 Å². The summed E-state index contributed by atoms with van der Waals surface area (Å²) < 4.78 is 5.63. The van der Waals surface area contributed by atoms with E-state index in [0.29, 0.717) is 13.2 Å². The lowest BCUT2D eigenvalue weighted by Gasteiger charge is -2.15. The highest BCUT2D eigenvalue weighted by Crippen LogP contribution is 2.16. The van der Waals surface area contributed by atoms with Gasteiger partial charge in [0.05, 0.1) is 6.61 Å². The first-order valence-corrected chi connectivity index (χ1v) is 6.58. The highest BCUT2D eigenvalue weighted by Gasteiger charge is 2.05. The Morgan fingerprint density at radius 1 is 1.33 bits per heavy atom. The highest BCUT2D eigenvalue weighted by atomic mass is 35.5. The Kier molecular flexibility index (Phi) is 5.99. The summed E-state index contributed by atoms with van der Waals surface area (Å²) in [6, 6.07) is 6.05. The van der Waals surface area contributed by atoms with Crippen molar-refractivity contribution in [3.8, 4) is 5.75 Å². The minimum Gasteiger partial charge on any atom is -0.494 e. The van der Waals surface area contributed by atoms with Crippen molar-refractivity contribution < 1.29 is 9.53 Å². The van der Waals surface area contributed by atoms with Crippen LogP contribution in [0.15, 0.2) is 18.2 Å². The number of carbonyl (C=O) groups excluding carboxylic acids is 1. The molecule has 0 aliphatic rings. The number of amides is 1. The molecule has 0 saturated heterocycles. The van der Waals surface area contributed by atoms with Gasteiger partial charge in [-0.15, -0.1) is 11.6 Å². The fourth-order valence-electron chi connectivity index (χ4n) is 1.52. The predicted octanol–water partition coefficient (Wildman–Crippen LogP) is 2.77. The molecule has 0 heterocycles. The van der Waals surface area contributed by atoms with Gasteiger partial charge >= 0.3 is 0 Å². The molecule has 18 heavy (non-hydrogen) atoms. The number of alkyl halides is 1. The fourth-order valence-corrected chi connectivity index (χ4v) is 1.73. The van der Waals surface area contributed by atoms with Gasteiger partial charge < -0.3 is 9.64 Å². The van der Waals surface area contributed by atoms with Crippen molar-refractivity contribution in [1.29, 1.82) is 0 Å².